The van der Waals surface area contributed by atoms with E-state index in [1.54, 1.807) is 17.4 Å². The van der Waals surface area contributed by atoms with Gasteiger partial charge in [-0.3, -0.25) is 0 Å². The molecule has 0 fully saturated rings. The number of aliphatic hydroxyl groups excluding tert-OH is 1. The summed E-state index contributed by atoms with van der Waals surface area (Å²) < 4.78 is 13.4. The second-order valence-corrected chi connectivity index (χ2v) is 6.75. The van der Waals surface area contributed by atoms with Crippen molar-refractivity contribution in [3.63, 3.8) is 0 Å². The van der Waals surface area contributed by atoms with E-state index in [9.17, 15) is 9.50 Å². The number of rotatable bonds is 6. The van der Waals surface area contributed by atoms with E-state index in [0.717, 1.165) is 17.1 Å². The molecular formula is C16H20ClFN2OS. The van der Waals surface area contributed by atoms with E-state index >= 15 is 0 Å². The van der Waals surface area contributed by atoms with Crippen molar-refractivity contribution >= 4 is 22.9 Å². The molecule has 3 nitrogen and oxygen atoms in total. The maximum atomic E-state index is 13.4. The summed E-state index contributed by atoms with van der Waals surface area (Å²) in [7, 11) is 0. The summed E-state index contributed by atoms with van der Waals surface area (Å²) in [5, 5.41) is 14.6. The van der Waals surface area contributed by atoms with Crippen LogP contribution in [-0.4, -0.2) is 16.6 Å². The summed E-state index contributed by atoms with van der Waals surface area (Å²) in [6.07, 6.45) is 0.137. The Labute approximate surface area is 139 Å². The molecule has 2 atom stereocenters. The summed E-state index contributed by atoms with van der Waals surface area (Å²) in [5.74, 6) is -0.517. The first-order valence-corrected chi connectivity index (χ1v) is 8.44. The third-order valence-corrected chi connectivity index (χ3v) is 5.31. The molecule has 0 saturated heterocycles. The third-order valence-electron chi connectivity index (χ3n) is 3.52. The van der Waals surface area contributed by atoms with Crippen LogP contribution in [0.2, 0.25) is 5.02 Å². The molecule has 0 amide bonds. The van der Waals surface area contributed by atoms with Crippen LogP contribution in [0.3, 0.4) is 0 Å². The van der Waals surface area contributed by atoms with Gasteiger partial charge in [0.05, 0.1) is 21.8 Å². The first kappa shape index (κ1) is 17.3. The molecule has 0 saturated carbocycles. The molecule has 0 bridgehead atoms. The van der Waals surface area contributed by atoms with Gasteiger partial charge >= 0.3 is 0 Å². The van der Waals surface area contributed by atoms with Crippen LogP contribution in [0.5, 0.6) is 0 Å². The van der Waals surface area contributed by atoms with Crippen molar-refractivity contribution in [1.82, 2.24) is 10.3 Å². The largest absolute Gasteiger partial charge is 0.387 e. The lowest BCUT2D eigenvalue weighted by molar-refractivity contribution is 0.170. The van der Waals surface area contributed by atoms with Gasteiger partial charge in [0.2, 0.25) is 0 Å². The average Bonchev–Trinajstić information content (AvgIpc) is 2.88. The minimum atomic E-state index is -0.784. The Kier molecular flexibility index (Phi) is 5.92. The van der Waals surface area contributed by atoms with Crippen molar-refractivity contribution in [2.24, 2.45) is 0 Å². The number of aliphatic hydroxyl groups is 1. The minimum Gasteiger partial charge on any atom is -0.387 e. The number of nitrogens with zero attached hydrogens (tertiary/aromatic N) is 1. The van der Waals surface area contributed by atoms with E-state index in [0.29, 0.717) is 12.1 Å². The number of hydrogen-bond donors (Lipinski definition) is 2. The van der Waals surface area contributed by atoms with E-state index in [4.69, 9.17) is 11.6 Å². The molecule has 1 aromatic carbocycles. The number of nitrogens with one attached hydrogen (secondary N) is 1. The molecule has 1 heterocycles. The Bertz CT molecular complexity index is 647. The number of aryl methyl sites for hydroxylation is 2. The number of halogens is 2. The minimum absolute atomic E-state index is 0.0599. The van der Waals surface area contributed by atoms with Crippen LogP contribution in [0.1, 0.15) is 47.1 Å². The van der Waals surface area contributed by atoms with Gasteiger partial charge in [-0.05, 0) is 38.0 Å². The molecule has 1 aromatic heterocycles. The van der Waals surface area contributed by atoms with E-state index in [1.807, 2.05) is 13.8 Å². The predicted molar refractivity (Wildman–Crippen MR) is 89.0 cm³/mol. The molecule has 0 radical (unpaired) electrons. The SMILES string of the molecule is CCc1nc(C)c(C(C)NCC(O)c2ccc(Cl)c(F)c2)s1. The number of benzene rings is 1. The van der Waals surface area contributed by atoms with Gasteiger partial charge < -0.3 is 10.4 Å². The van der Waals surface area contributed by atoms with E-state index in [2.05, 4.69) is 17.2 Å². The second-order valence-electron chi connectivity index (χ2n) is 5.23. The van der Waals surface area contributed by atoms with E-state index in [1.165, 1.54) is 17.0 Å². The molecule has 22 heavy (non-hydrogen) atoms. The predicted octanol–water partition coefficient (Wildman–Crippen LogP) is 4.19. The van der Waals surface area contributed by atoms with Crippen LogP contribution >= 0.6 is 22.9 Å². The van der Waals surface area contributed by atoms with Crippen molar-refractivity contribution in [3.05, 3.63) is 50.2 Å². The van der Waals surface area contributed by atoms with Gasteiger partial charge in [-0.1, -0.05) is 24.6 Å². The Balaban J connectivity index is 1.99. The molecule has 2 rings (SSSR count). The zero-order chi connectivity index (χ0) is 16.3. The molecular weight excluding hydrogens is 323 g/mol. The third kappa shape index (κ3) is 4.04. The van der Waals surface area contributed by atoms with E-state index in [-0.39, 0.29) is 11.1 Å². The fraction of sp³-hybridized carbons (Fsp3) is 0.438. The molecule has 2 unspecified atom stereocenters. The topological polar surface area (TPSA) is 45.2 Å². The zero-order valence-electron chi connectivity index (χ0n) is 12.9. The Morgan fingerprint density at radius 1 is 1.45 bits per heavy atom. The molecule has 120 valence electrons. The first-order chi connectivity index (χ1) is 10.4. The van der Waals surface area contributed by atoms with Gasteiger partial charge in [-0.2, -0.15) is 0 Å². The summed E-state index contributed by atoms with van der Waals surface area (Å²) in [6.45, 7) is 6.45. The van der Waals surface area contributed by atoms with Gasteiger partial charge in [0.25, 0.3) is 0 Å². The van der Waals surface area contributed by atoms with Gasteiger partial charge in [0.15, 0.2) is 0 Å². The molecule has 2 N–H and O–H groups in total. The molecule has 0 aliphatic heterocycles. The first-order valence-electron chi connectivity index (χ1n) is 7.25. The second kappa shape index (κ2) is 7.51. The number of aromatic nitrogens is 1. The summed E-state index contributed by atoms with van der Waals surface area (Å²) in [6, 6.07) is 4.45. The molecule has 0 spiro atoms. The maximum absolute atomic E-state index is 13.4. The lowest BCUT2D eigenvalue weighted by atomic mass is 10.1. The fourth-order valence-electron chi connectivity index (χ4n) is 2.24. The highest BCUT2D eigenvalue weighted by Gasteiger charge is 2.16. The Morgan fingerprint density at radius 3 is 2.77 bits per heavy atom. The lowest BCUT2D eigenvalue weighted by Gasteiger charge is -2.17. The number of thiazole rings is 1. The highest BCUT2D eigenvalue weighted by Crippen LogP contribution is 2.26. The molecule has 0 aliphatic rings. The summed E-state index contributed by atoms with van der Waals surface area (Å²) >= 11 is 7.34. The molecule has 6 heteroatoms. The standard InChI is InChI=1S/C16H20ClFN2OS/c1-4-15-20-10(3)16(22-15)9(2)19-8-14(21)11-5-6-12(17)13(18)7-11/h5-7,9,14,19,21H,4,8H2,1-3H3. The monoisotopic (exact) mass is 342 g/mol. The van der Waals surface area contributed by atoms with Gasteiger partial charge in [-0.25, -0.2) is 9.37 Å². The average molecular weight is 343 g/mol. The van der Waals surface area contributed by atoms with Gasteiger partial charge in [0, 0.05) is 17.5 Å². The zero-order valence-corrected chi connectivity index (χ0v) is 14.4. The molecule has 2 aromatic rings. The summed E-state index contributed by atoms with van der Waals surface area (Å²) in [4.78, 5) is 5.68. The van der Waals surface area contributed by atoms with Gasteiger partial charge in [0.1, 0.15) is 5.82 Å². The smallest absolute Gasteiger partial charge is 0.142 e. The maximum Gasteiger partial charge on any atom is 0.142 e. The highest BCUT2D eigenvalue weighted by molar-refractivity contribution is 7.11. The number of hydrogen-bond acceptors (Lipinski definition) is 4. The van der Waals surface area contributed by atoms with Crippen molar-refractivity contribution in [1.29, 1.82) is 0 Å². The van der Waals surface area contributed by atoms with Crippen molar-refractivity contribution in [2.45, 2.75) is 39.3 Å². The van der Waals surface area contributed by atoms with Crippen LogP contribution in [0.15, 0.2) is 18.2 Å². The van der Waals surface area contributed by atoms with Crippen molar-refractivity contribution < 1.29 is 9.50 Å². The molecule has 0 aliphatic carbocycles. The Morgan fingerprint density at radius 2 is 2.18 bits per heavy atom. The van der Waals surface area contributed by atoms with Gasteiger partial charge in [-0.15, -0.1) is 11.3 Å². The van der Waals surface area contributed by atoms with Crippen LogP contribution in [0.4, 0.5) is 4.39 Å². The quantitative estimate of drug-likeness (QED) is 0.827. The van der Waals surface area contributed by atoms with Crippen LogP contribution in [0, 0.1) is 12.7 Å². The van der Waals surface area contributed by atoms with Crippen molar-refractivity contribution in [2.75, 3.05) is 6.54 Å². The van der Waals surface area contributed by atoms with E-state index < -0.39 is 11.9 Å². The van der Waals surface area contributed by atoms with Crippen LogP contribution in [0.25, 0.3) is 0 Å². The Hall–Kier alpha value is -1.01. The normalized spacial score (nSPS) is 14.1. The highest BCUT2D eigenvalue weighted by atomic mass is 35.5. The lowest BCUT2D eigenvalue weighted by Crippen LogP contribution is -2.24. The van der Waals surface area contributed by atoms with Crippen molar-refractivity contribution in [3.8, 4) is 0 Å². The van der Waals surface area contributed by atoms with Crippen LogP contribution < -0.4 is 5.32 Å². The summed E-state index contributed by atoms with van der Waals surface area (Å²) in [5.41, 5.74) is 1.53. The van der Waals surface area contributed by atoms with Crippen LogP contribution in [-0.2, 0) is 6.42 Å². The fourth-order valence-corrected chi connectivity index (χ4v) is 3.39.